The number of carboxylic acid groups (broad SMARTS) is 2. The number of aliphatic carboxylic acids is 1. The van der Waals surface area contributed by atoms with Crippen LogP contribution in [0.25, 0.3) is 0 Å². The molecular weight excluding hydrogens is 274 g/mol. The highest BCUT2D eigenvalue weighted by Crippen LogP contribution is 2.58. The lowest BCUT2D eigenvalue weighted by atomic mass is 10.1. The van der Waals surface area contributed by atoms with Crippen molar-refractivity contribution >= 4 is 17.8 Å². The first-order chi connectivity index (χ1) is 9.75. The Bertz CT molecular complexity index is 608. The molecule has 0 aromatic heterocycles. The van der Waals surface area contributed by atoms with Crippen molar-refractivity contribution in [2.75, 3.05) is 0 Å². The zero-order valence-corrected chi connectivity index (χ0v) is 11.8. The minimum Gasteiger partial charge on any atom is -0.481 e. The maximum Gasteiger partial charge on any atom is 0.335 e. The lowest BCUT2D eigenvalue weighted by molar-refractivity contribution is -0.140. The van der Waals surface area contributed by atoms with Gasteiger partial charge < -0.3 is 15.5 Å². The molecule has 1 aliphatic carbocycles. The third-order valence-electron chi connectivity index (χ3n) is 4.02. The molecule has 1 amide bonds. The van der Waals surface area contributed by atoms with Crippen LogP contribution in [0.4, 0.5) is 0 Å². The summed E-state index contributed by atoms with van der Waals surface area (Å²) in [6.45, 7) is 3.68. The number of carbonyl (C=O) groups excluding carboxylic acids is 1. The molecule has 1 aliphatic rings. The van der Waals surface area contributed by atoms with Crippen LogP contribution >= 0.6 is 0 Å². The van der Waals surface area contributed by atoms with Gasteiger partial charge in [0, 0.05) is 6.54 Å². The third-order valence-corrected chi connectivity index (χ3v) is 4.02. The highest BCUT2D eigenvalue weighted by molar-refractivity contribution is 5.91. The van der Waals surface area contributed by atoms with E-state index in [0.29, 0.717) is 5.56 Å². The van der Waals surface area contributed by atoms with Gasteiger partial charge in [0.05, 0.1) is 17.4 Å². The fourth-order valence-corrected chi connectivity index (χ4v) is 2.70. The first-order valence-corrected chi connectivity index (χ1v) is 6.58. The molecule has 1 aromatic carbocycles. The fraction of sp³-hybridized carbons (Fsp3) is 0.400. The van der Waals surface area contributed by atoms with Crippen LogP contribution in [0.15, 0.2) is 24.3 Å². The summed E-state index contributed by atoms with van der Waals surface area (Å²) in [6.07, 6.45) is 0. The summed E-state index contributed by atoms with van der Waals surface area (Å²) in [4.78, 5) is 33.9. The maximum atomic E-state index is 12.0. The molecule has 1 aromatic rings. The molecule has 6 nitrogen and oxygen atoms in total. The van der Waals surface area contributed by atoms with Gasteiger partial charge in [-0.05, 0) is 23.1 Å². The molecule has 2 atom stereocenters. The van der Waals surface area contributed by atoms with Gasteiger partial charge in [-0.25, -0.2) is 4.79 Å². The Balaban J connectivity index is 1.98. The van der Waals surface area contributed by atoms with Gasteiger partial charge >= 0.3 is 11.9 Å². The molecule has 0 bridgehead atoms. The monoisotopic (exact) mass is 291 g/mol. The third kappa shape index (κ3) is 2.89. The molecule has 1 saturated carbocycles. The number of hydrogen-bond acceptors (Lipinski definition) is 3. The largest absolute Gasteiger partial charge is 0.481 e. The number of carboxylic acids is 2. The number of benzene rings is 1. The van der Waals surface area contributed by atoms with Crippen LogP contribution in [0.2, 0.25) is 0 Å². The van der Waals surface area contributed by atoms with E-state index in [1.807, 2.05) is 0 Å². The van der Waals surface area contributed by atoms with Crippen molar-refractivity contribution in [1.82, 2.24) is 5.32 Å². The average molecular weight is 291 g/mol. The minimum atomic E-state index is -1.03. The van der Waals surface area contributed by atoms with Crippen molar-refractivity contribution in [2.45, 2.75) is 20.4 Å². The van der Waals surface area contributed by atoms with Gasteiger partial charge in [-0.2, -0.15) is 0 Å². The van der Waals surface area contributed by atoms with Crippen LogP contribution in [0.1, 0.15) is 29.8 Å². The number of nitrogens with one attached hydrogen (secondary N) is 1. The molecule has 0 heterocycles. The van der Waals surface area contributed by atoms with Gasteiger partial charge in [0.15, 0.2) is 0 Å². The quantitative estimate of drug-likeness (QED) is 0.760. The normalized spacial score (nSPS) is 22.4. The van der Waals surface area contributed by atoms with Gasteiger partial charge in [0.1, 0.15) is 0 Å². The Morgan fingerprint density at radius 3 is 2.38 bits per heavy atom. The standard InChI is InChI=1S/C15H17NO5/c1-15(2)10(11(15)14(20)21)12(17)16-7-8-4-3-5-9(6-8)13(18)19/h3-6,10-11H,7H2,1-2H3,(H,16,17)(H,18,19)(H,20,21)/t10-,11-/m1/s1. The summed E-state index contributed by atoms with van der Waals surface area (Å²) in [5, 5.41) is 20.6. The topological polar surface area (TPSA) is 104 Å². The van der Waals surface area contributed by atoms with Crippen LogP contribution in [0.5, 0.6) is 0 Å². The lowest BCUT2D eigenvalue weighted by Crippen LogP contribution is -2.26. The Labute approximate surface area is 121 Å². The van der Waals surface area contributed by atoms with Gasteiger partial charge in [-0.1, -0.05) is 26.0 Å². The second kappa shape index (κ2) is 5.20. The summed E-state index contributed by atoms with van der Waals surface area (Å²) < 4.78 is 0. The van der Waals surface area contributed by atoms with Crippen molar-refractivity contribution in [3.05, 3.63) is 35.4 Å². The highest BCUT2D eigenvalue weighted by atomic mass is 16.4. The minimum absolute atomic E-state index is 0.150. The van der Waals surface area contributed by atoms with Crippen molar-refractivity contribution in [2.24, 2.45) is 17.3 Å². The molecule has 1 fully saturated rings. The zero-order chi connectivity index (χ0) is 15.8. The van der Waals surface area contributed by atoms with E-state index in [4.69, 9.17) is 10.2 Å². The number of amides is 1. The molecule has 0 spiro atoms. The fourth-order valence-electron chi connectivity index (χ4n) is 2.70. The molecule has 3 N–H and O–H groups in total. The van der Waals surface area contributed by atoms with Crippen molar-refractivity contribution < 1.29 is 24.6 Å². The number of rotatable bonds is 5. The smallest absolute Gasteiger partial charge is 0.335 e. The molecule has 0 radical (unpaired) electrons. The second-order valence-corrected chi connectivity index (χ2v) is 5.84. The molecule has 6 heteroatoms. The first kappa shape index (κ1) is 15.0. The van der Waals surface area contributed by atoms with Crippen molar-refractivity contribution in [3.8, 4) is 0 Å². The predicted molar refractivity (Wildman–Crippen MR) is 73.6 cm³/mol. The van der Waals surface area contributed by atoms with E-state index < -0.39 is 29.2 Å². The van der Waals surface area contributed by atoms with Gasteiger partial charge in [0.2, 0.25) is 5.91 Å². The molecule has 0 aliphatic heterocycles. The Kier molecular flexibility index (Phi) is 3.72. The van der Waals surface area contributed by atoms with E-state index in [0.717, 1.165) is 0 Å². The van der Waals surface area contributed by atoms with E-state index in [9.17, 15) is 14.4 Å². The first-order valence-electron chi connectivity index (χ1n) is 6.58. The van der Waals surface area contributed by atoms with Crippen molar-refractivity contribution in [1.29, 1.82) is 0 Å². The van der Waals surface area contributed by atoms with Crippen molar-refractivity contribution in [3.63, 3.8) is 0 Å². The van der Waals surface area contributed by atoms with E-state index in [2.05, 4.69) is 5.32 Å². The molecular formula is C15H17NO5. The zero-order valence-electron chi connectivity index (χ0n) is 11.8. The molecule has 112 valence electrons. The Morgan fingerprint density at radius 1 is 1.19 bits per heavy atom. The lowest BCUT2D eigenvalue weighted by Gasteiger charge is -2.07. The van der Waals surface area contributed by atoms with E-state index in [-0.39, 0.29) is 18.0 Å². The van der Waals surface area contributed by atoms with Crippen LogP contribution in [-0.2, 0) is 16.1 Å². The van der Waals surface area contributed by atoms with E-state index >= 15 is 0 Å². The SMILES string of the molecule is CC1(C)[C@@H](C(=O)O)[C@@H]1C(=O)NCc1cccc(C(=O)O)c1. The summed E-state index contributed by atoms with van der Waals surface area (Å²) in [7, 11) is 0. The summed E-state index contributed by atoms with van der Waals surface area (Å²) >= 11 is 0. The average Bonchev–Trinajstić information content (AvgIpc) is 2.99. The van der Waals surface area contributed by atoms with Crippen LogP contribution in [0, 0.1) is 17.3 Å². The summed E-state index contributed by atoms with van der Waals surface area (Å²) in [5.74, 6) is -3.51. The second-order valence-electron chi connectivity index (χ2n) is 5.84. The maximum absolute atomic E-state index is 12.0. The van der Waals surface area contributed by atoms with Gasteiger partial charge in [-0.3, -0.25) is 9.59 Å². The van der Waals surface area contributed by atoms with E-state index in [1.54, 1.807) is 26.0 Å². The summed E-state index contributed by atoms with van der Waals surface area (Å²) in [5.41, 5.74) is 0.268. The molecule has 21 heavy (non-hydrogen) atoms. The molecule has 0 saturated heterocycles. The van der Waals surface area contributed by atoms with Gasteiger partial charge in [-0.15, -0.1) is 0 Å². The van der Waals surface area contributed by atoms with Crippen LogP contribution in [-0.4, -0.2) is 28.1 Å². The summed E-state index contributed by atoms with van der Waals surface area (Å²) in [6, 6.07) is 6.26. The van der Waals surface area contributed by atoms with Crippen LogP contribution in [0.3, 0.4) is 0 Å². The molecule has 0 unspecified atom stereocenters. The highest BCUT2D eigenvalue weighted by Gasteiger charge is 2.65. The number of hydrogen-bond donors (Lipinski definition) is 3. The van der Waals surface area contributed by atoms with E-state index in [1.165, 1.54) is 12.1 Å². The molecule has 2 rings (SSSR count). The number of carbonyl (C=O) groups is 3. The van der Waals surface area contributed by atoms with Gasteiger partial charge in [0.25, 0.3) is 0 Å². The Morgan fingerprint density at radius 2 is 1.86 bits per heavy atom. The predicted octanol–water partition coefficient (Wildman–Crippen LogP) is 1.36. The Hall–Kier alpha value is -2.37. The number of aromatic carboxylic acids is 1. The van der Waals surface area contributed by atoms with Crippen LogP contribution < -0.4 is 5.32 Å².